The van der Waals surface area contributed by atoms with Gasteiger partial charge in [-0.25, -0.2) is 12.8 Å². The van der Waals surface area contributed by atoms with Gasteiger partial charge in [0, 0.05) is 0 Å². The van der Waals surface area contributed by atoms with Crippen molar-refractivity contribution >= 4 is 22.3 Å². The lowest BCUT2D eigenvalue weighted by atomic mass is 10.8. The molecule has 0 aliphatic rings. The zero-order valence-corrected chi connectivity index (χ0v) is 5.50. The highest BCUT2D eigenvalue weighted by Crippen LogP contribution is 2.24. The second kappa shape index (κ2) is 2.74. The molecule has 1 atom stereocenters. The standard InChI is InChI=1S/C2H2ClF3O2S/c3-1(4)2(5,6)9(7)8/h1,9H. The summed E-state index contributed by atoms with van der Waals surface area (Å²) in [5.74, 6) is 0. The largest absolute Gasteiger partial charge is 0.387 e. The Labute approximate surface area is 55.6 Å². The monoisotopic (exact) mass is 182 g/mol. The summed E-state index contributed by atoms with van der Waals surface area (Å²) in [6.45, 7) is 0. The molecule has 1 unspecified atom stereocenters. The molecule has 2 nitrogen and oxygen atoms in total. The van der Waals surface area contributed by atoms with E-state index < -0.39 is 21.6 Å². The Bertz CT molecular complexity index is 157. The summed E-state index contributed by atoms with van der Waals surface area (Å²) in [6.07, 6.45) is 0. The molecule has 0 rings (SSSR count). The van der Waals surface area contributed by atoms with E-state index in [9.17, 15) is 21.6 Å². The molecule has 0 spiro atoms. The van der Waals surface area contributed by atoms with Crippen molar-refractivity contribution in [1.82, 2.24) is 0 Å². The molecule has 0 aromatic heterocycles. The predicted molar refractivity (Wildman–Crippen MR) is 26.0 cm³/mol. The van der Waals surface area contributed by atoms with Crippen molar-refractivity contribution in [2.45, 2.75) is 10.9 Å². The van der Waals surface area contributed by atoms with Gasteiger partial charge in [-0.05, 0) is 0 Å². The van der Waals surface area contributed by atoms with Crippen LogP contribution in [-0.4, -0.2) is 19.3 Å². The molecule has 0 bridgehead atoms. The van der Waals surface area contributed by atoms with Crippen LogP contribution in [0.2, 0.25) is 0 Å². The third-order valence-electron chi connectivity index (χ3n) is 0.506. The second-order valence-electron chi connectivity index (χ2n) is 1.15. The van der Waals surface area contributed by atoms with Crippen LogP contribution in [0.5, 0.6) is 0 Å². The highest BCUT2D eigenvalue weighted by molar-refractivity contribution is 7.73. The fourth-order valence-electron chi connectivity index (χ4n) is 0.0797. The highest BCUT2D eigenvalue weighted by Gasteiger charge is 2.42. The first-order chi connectivity index (χ1) is 3.89. The molecule has 9 heavy (non-hydrogen) atoms. The topological polar surface area (TPSA) is 34.1 Å². The molecule has 0 saturated heterocycles. The quantitative estimate of drug-likeness (QED) is 0.505. The Balaban J connectivity index is 4.38. The highest BCUT2D eigenvalue weighted by atomic mass is 35.5. The van der Waals surface area contributed by atoms with Crippen molar-refractivity contribution in [1.29, 1.82) is 0 Å². The molecular weight excluding hydrogens is 181 g/mol. The first kappa shape index (κ1) is 9.03. The van der Waals surface area contributed by atoms with Crippen molar-refractivity contribution < 1.29 is 21.6 Å². The summed E-state index contributed by atoms with van der Waals surface area (Å²) in [5, 5.41) is -4.45. The number of thiol groups is 1. The van der Waals surface area contributed by atoms with E-state index in [1.165, 1.54) is 0 Å². The lowest BCUT2D eigenvalue weighted by molar-refractivity contribution is 0.0461. The number of alkyl halides is 4. The smallest absolute Gasteiger partial charge is 0.225 e. The van der Waals surface area contributed by atoms with Gasteiger partial charge in [0.25, 0.3) is 5.63 Å². The lowest BCUT2D eigenvalue weighted by Gasteiger charge is -2.06. The van der Waals surface area contributed by atoms with Gasteiger partial charge in [0.15, 0.2) is 0 Å². The van der Waals surface area contributed by atoms with Crippen LogP contribution in [0.15, 0.2) is 0 Å². The van der Waals surface area contributed by atoms with E-state index in [4.69, 9.17) is 0 Å². The van der Waals surface area contributed by atoms with E-state index in [-0.39, 0.29) is 0 Å². The van der Waals surface area contributed by atoms with Gasteiger partial charge in [0.1, 0.15) is 0 Å². The van der Waals surface area contributed by atoms with Crippen molar-refractivity contribution in [2.24, 2.45) is 0 Å². The molecule has 0 saturated carbocycles. The van der Waals surface area contributed by atoms with Gasteiger partial charge in [-0.15, -0.1) is 0 Å². The Hall–Kier alpha value is 0.0300. The van der Waals surface area contributed by atoms with Gasteiger partial charge >= 0.3 is 5.25 Å². The molecule has 0 radical (unpaired) electrons. The van der Waals surface area contributed by atoms with Crippen LogP contribution in [0.3, 0.4) is 0 Å². The molecule has 0 amide bonds. The van der Waals surface area contributed by atoms with Crippen LogP contribution < -0.4 is 0 Å². The molecule has 0 fully saturated rings. The average Bonchev–Trinajstić information content (AvgIpc) is 1.65. The minimum atomic E-state index is -4.45. The number of hydrogen-bond acceptors (Lipinski definition) is 2. The number of halogens is 4. The molecule has 0 heterocycles. The Morgan fingerprint density at radius 2 is 1.78 bits per heavy atom. The third kappa shape index (κ3) is 2.02. The fraction of sp³-hybridized carbons (Fsp3) is 1.00. The second-order valence-corrected chi connectivity index (χ2v) is 2.64. The normalized spacial score (nSPS) is 16.1. The minimum Gasteiger partial charge on any atom is -0.225 e. The first-order valence-corrected chi connectivity index (χ1v) is 3.31. The molecule has 0 aromatic carbocycles. The van der Waals surface area contributed by atoms with Crippen molar-refractivity contribution in [3.05, 3.63) is 0 Å². The summed E-state index contributed by atoms with van der Waals surface area (Å²) >= 11 is 4.16. The maximum Gasteiger partial charge on any atom is 0.387 e. The summed E-state index contributed by atoms with van der Waals surface area (Å²) in [6, 6.07) is 0. The maximum atomic E-state index is 11.6. The van der Waals surface area contributed by atoms with Crippen LogP contribution in [0.1, 0.15) is 0 Å². The van der Waals surface area contributed by atoms with Crippen molar-refractivity contribution in [3.63, 3.8) is 0 Å². The average molecular weight is 183 g/mol. The summed E-state index contributed by atoms with van der Waals surface area (Å²) in [5.41, 5.74) is -3.17. The predicted octanol–water partition coefficient (Wildman–Crippen LogP) is 0.725. The Morgan fingerprint density at radius 3 is 1.78 bits per heavy atom. The van der Waals surface area contributed by atoms with E-state index in [0.29, 0.717) is 0 Å². The minimum absolute atomic E-state index is 3.17. The molecule has 0 aliphatic heterocycles. The number of rotatable bonds is 2. The third-order valence-corrected chi connectivity index (χ3v) is 1.65. The number of hydrogen-bond donors (Lipinski definition) is 1. The summed E-state index contributed by atoms with van der Waals surface area (Å²) in [7, 11) is -4.12. The Morgan fingerprint density at radius 1 is 1.44 bits per heavy atom. The van der Waals surface area contributed by atoms with Gasteiger partial charge in [-0.1, -0.05) is 11.6 Å². The van der Waals surface area contributed by atoms with Crippen LogP contribution in [-0.2, 0) is 10.7 Å². The molecule has 0 N–H and O–H groups in total. The van der Waals surface area contributed by atoms with Gasteiger partial charge < -0.3 is 0 Å². The van der Waals surface area contributed by atoms with Gasteiger partial charge in [0.2, 0.25) is 10.7 Å². The van der Waals surface area contributed by atoms with Crippen LogP contribution in [0.4, 0.5) is 13.2 Å². The molecule has 7 heteroatoms. The lowest BCUT2D eigenvalue weighted by Crippen LogP contribution is -2.26. The first-order valence-electron chi connectivity index (χ1n) is 1.69. The summed E-state index contributed by atoms with van der Waals surface area (Å²) in [4.78, 5) is 0. The Kier molecular flexibility index (Phi) is 2.75. The van der Waals surface area contributed by atoms with E-state index >= 15 is 0 Å². The van der Waals surface area contributed by atoms with E-state index in [0.717, 1.165) is 0 Å². The van der Waals surface area contributed by atoms with Crippen LogP contribution in [0.25, 0.3) is 0 Å². The van der Waals surface area contributed by atoms with Crippen molar-refractivity contribution in [2.75, 3.05) is 0 Å². The fourth-order valence-corrected chi connectivity index (χ4v) is 0.478. The van der Waals surface area contributed by atoms with E-state index in [1.807, 2.05) is 0 Å². The van der Waals surface area contributed by atoms with Gasteiger partial charge in [-0.3, -0.25) is 0 Å². The molecular formula is C2H2ClF3O2S. The molecule has 0 aliphatic carbocycles. The molecule has 56 valence electrons. The SMILES string of the molecule is O=[SH](=O)C(F)(F)C(F)Cl. The van der Waals surface area contributed by atoms with E-state index in [1.54, 1.807) is 0 Å². The zero-order valence-electron chi connectivity index (χ0n) is 3.85. The van der Waals surface area contributed by atoms with E-state index in [2.05, 4.69) is 11.6 Å². The molecule has 0 aromatic rings. The van der Waals surface area contributed by atoms with Crippen molar-refractivity contribution in [3.8, 4) is 0 Å². The maximum absolute atomic E-state index is 11.6. The van der Waals surface area contributed by atoms with Crippen LogP contribution in [0, 0.1) is 0 Å². The van der Waals surface area contributed by atoms with Crippen LogP contribution >= 0.6 is 11.6 Å². The summed E-state index contributed by atoms with van der Waals surface area (Å²) < 4.78 is 53.3. The van der Waals surface area contributed by atoms with Gasteiger partial charge in [-0.2, -0.15) is 8.78 Å². The van der Waals surface area contributed by atoms with Gasteiger partial charge in [0.05, 0.1) is 0 Å². The zero-order chi connectivity index (χ0) is 7.65.